The Balaban J connectivity index is 2.43. The number of nitrogens with one attached hydrogen (secondary N) is 1. The zero-order chi connectivity index (χ0) is 9.97. The Kier molecular flexibility index (Phi) is 2.07. The normalized spacial score (nSPS) is 10.0. The van der Waals surface area contributed by atoms with E-state index in [1.807, 2.05) is 24.3 Å². The molecule has 0 spiro atoms. The molecular weight excluding hydrogens is 174 g/mol. The Labute approximate surface area is 82.3 Å². The second-order valence-electron chi connectivity index (χ2n) is 3.03. The fourth-order valence-electron chi connectivity index (χ4n) is 1.31. The number of rotatable bonds is 2. The van der Waals surface area contributed by atoms with Crippen molar-refractivity contribution in [3.8, 4) is 11.3 Å². The smallest absolute Gasteiger partial charge is 0.0879 e. The molecule has 0 amide bonds. The van der Waals surface area contributed by atoms with Crippen LogP contribution < -0.4 is 5.73 Å². The summed E-state index contributed by atoms with van der Waals surface area (Å²) >= 11 is 0. The molecule has 2 rings (SSSR count). The van der Waals surface area contributed by atoms with Crippen molar-refractivity contribution in [2.24, 2.45) is 0 Å². The third kappa shape index (κ3) is 1.40. The maximum Gasteiger partial charge on any atom is 0.0879 e. The fraction of sp³-hybridized carbons (Fsp3) is 0. The number of nitrogens with zero attached hydrogens (tertiary/aromatic N) is 1. The lowest BCUT2D eigenvalue weighted by molar-refractivity contribution is 1.10. The lowest BCUT2D eigenvalue weighted by Crippen LogP contribution is -1.86. The van der Waals surface area contributed by atoms with Crippen LogP contribution in [0.1, 0.15) is 5.56 Å². The molecule has 0 fully saturated rings. The molecule has 3 heteroatoms. The highest BCUT2D eigenvalue weighted by molar-refractivity contribution is 5.72. The van der Waals surface area contributed by atoms with Gasteiger partial charge in [0, 0.05) is 5.56 Å². The third-order valence-corrected chi connectivity index (χ3v) is 2.10. The van der Waals surface area contributed by atoms with Gasteiger partial charge in [0.15, 0.2) is 0 Å². The maximum atomic E-state index is 5.73. The first-order valence-electron chi connectivity index (χ1n) is 4.33. The van der Waals surface area contributed by atoms with Crippen molar-refractivity contribution >= 4 is 11.8 Å². The molecule has 2 aromatic rings. The third-order valence-electron chi connectivity index (χ3n) is 2.10. The van der Waals surface area contributed by atoms with Crippen LogP contribution in [0.15, 0.2) is 37.0 Å². The fourth-order valence-corrected chi connectivity index (χ4v) is 1.31. The van der Waals surface area contributed by atoms with Gasteiger partial charge in [0.1, 0.15) is 0 Å². The van der Waals surface area contributed by atoms with E-state index in [0.717, 1.165) is 16.8 Å². The van der Waals surface area contributed by atoms with Crippen molar-refractivity contribution in [2.75, 3.05) is 5.73 Å². The van der Waals surface area contributed by atoms with Crippen LogP contribution in [-0.4, -0.2) is 10.2 Å². The van der Waals surface area contributed by atoms with Gasteiger partial charge in [-0.25, -0.2) is 0 Å². The van der Waals surface area contributed by atoms with Crippen LogP contribution in [0.3, 0.4) is 0 Å². The average molecular weight is 185 g/mol. The molecule has 0 saturated carbocycles. The highest BCUT2D eigenvalue weighted by atomic mass is 15.1. The quantitative estimate of drug-likeness (QED) is 0.754. The molecule has 1 aromatic carbocycles. The maximum absolute atomic E-state index is 5.73. The standard InChI is InChI=1S/C11H11N3/c1-2-8-3-5-9(6-4-8)11-10(12)7-13-14-11/h2-7H,1,12H2,(H,13,14). The molecule has 0 aliphatic rings. The van der Waals surface area contributed by atoms with E-state index in [0.29, 0.717) is 5.69 Å². The van der Waals surface area contributed by atoms with Crippen molar-refractivity contribution < 1.29 is 0 Å². The Morgan fingerprint density at radius 1 is 1.29 bits per heavy atom. The molecule has 3 nitrogen and oxygen atoms in total. The van der Waals surface area contributed by atoms with Crippen LogP contribution in [0, 0.1) is 0 Å². The topological polar surface area (TPSA) is 54.7 Å². The van der Waals surface area contributed by atoms with Gasteiger partial charge >= 0.3 is 0 Å². The molecule has 0 atom stereocenters. The summed E-state index contributed by atoms with van der Waals surface area (Å²) in [4.78, 5) is 0. The highest BCUT2D eigenvalue weighted by Crippen LogP contribution is 2.22. The highest BCUT2D eigenvalue weighted by Gasteiger charge is 2.02. The minimum absolute atomic E-state index is 0.663. The minimum Gasteiger partial charge on any atom is -0.396 e. The van der Waals surface area contributed by atoms with E-state index in [4.69, 9.17) is 5.73 Å². The van der Waals surface area contributed by atoms with Crippen LogP contribution >= 0.6 is 0 Å². The van der Waals surface area contributed by atoms with E-state index < -0.39 is 0 Å². The van der Waals surface area contributed by atoms with Gasteiger partial charge < -0.3 is 5.73 Å². The van der Waals surface area contributed by atoms with E-state index in [9.17, 15) is 0 Å². The van der Waals surface area contributed by atoms with E-state index in [2.05, 4.69) is 16.8 Å². The number of nitrogen functional groups attached to an aromatic ring is 1. The number of benzene rings is 1. The van der Waals surface area contributed by atoms with Crippen molar-refractivity contribution in [2.45, 2.75) is 0 Å². The average Bonchev–Trinajstić information content (AvgIpc) is 2.65. The minimum atomic E-state index is 0.663. The molecule has 1 heterocycles. The van der Waals surface area contributed by atoms with Crippen LogP contribution in [0.4, 0.5) is 5.69 Å². The Bertz CT molecular complexity index is 440. The van der Waals surface area contributed by atoms with Crippen molar-refractivity contribution in [1.29, 1.82) is 0 Å². The van der Waals surface area contributed by atoms with Gasteiger partial charge in [0.25, 0.3) is 0 Å². The number of anilines is 1. The first kappa shape index (κ1) is 8.56. The first-order valence-corrected chi connectivity index (χ1v) is 4.33. The van der Waals surface area contributed by atoms with Gasteiger partial charge in [-0.15, -0.1) is 0 Å². The number of H-pyrrole nitrogens is 1. The van der Waals surface area contributed by atoms with Crippen molar-refractivity contribution in [3.63, 3.8) is 0 Å². The number of hydrogen-bond acceptors (Lipinski definition) is 2. The van der Waals surface area contributed by atoms with Gasteiger partial charge in [-0.1, -0.05) is 36.9 Å². The van der Waals surface area contributed by atoms with Gasteiger partial charge in [0.05, 0.1) is 17.6 Å². The van der Waals surface area contributed by atoms with Crippen molar-refractivity contribution in [1.82, 2.24) is 10.2 Å². The molecule has 0 unspecified atom stereocenters. The summed E-state index contributed by atoms with van der Waals surface area (Å²) in [6.45, 7) is 3.70. The Morgan fingerprint density at radius 2 is 2.00 bits per heavy atom. The molecule has 14 heavy (non-hydrogen) atoms. The lowest BCUT2D eigenvalue weighted by Gasteiger charge is -1.99. The van der Waals surface area contributed by atoms with Crippen LogP contribution in [0.25, 0.3) is 17.3 Å². The van der Waals surface area contributed by atoms with Gasteiger partial charge in [-0.2, -0.15) is 5.10 Å². The lowest BCUT2D eigenvalue weighted by atomic mass is 10.1. The number of hydrogen-bond donors (Lipinski definition) is 2. The molecule has 0 radical (unpaired) electrons. The Hall–Kier alpha value is -2.03. The SMILES string of the molecule is C=Cc1ccc(-c2[nH]ncc2N)cc1. The summed E-state index contributed by atoms with van der Waals surface area (Å²) in [5, 5.41) is 6.73. The van der Waals surface area contributed by atoms with E-state index in [1.165, 1.54) is 0 Å². The second kappa shape index (κ2) is 3.38. The summed E-state index contributed by atoms with van der Waals surface area (Å²) in [5.41, 5.74) is 9.38. The molecule has 0 aliphatic carbocycles. The summed E-state index contributed by atoms with van der Waals surface area (Å²) in [6.07, 6.45) is 3.41. The molecule has 3 N–H and O–H groups in total. The van der Waals surface area contributed by atoms with Gasteiger partial charge in [0.2, 0.25) is 0 Å². The van der Waals surface area contributed by atoms with Gasteiger partial charge in [-0.05, 0) is 5.56 Å². The van der Waals surface area contributed by atoms with Crippen LogP contribution in [0.5, 0.6) is 0 Å². The summed E-state index contributed by atoms with van der Waals surface area (Å²) in [5.74, 6) is 0. The van der Waals surface area contributed by atoms with E-state index >= 15 is 0 Å². The van der Waals surface area contributed by atoms with Crippen molar-refractivity contribution in [3.05, 3.63) is 42.6 Å². The number of aromatic amines is 1. The number of nitrogens with two attached hydrogens (primary N) is 1. The summed E-state index contributed by atoms with van der Waals surface area (Å²) in [7, 11) is 0. The summed E-state index contributed by atoms with van der Waals surface area (Å²) in [6, 6.07) is 7.95. The zero-order valence-electron chi connectivity index (χ0n) is 7.70. The molecule has 0 aliphatic heterocycles. The predicted molar refractivity (Wildman–Crippen MR) is 58.5 cm³/mol. The first-order chi connectivity index (χ1) is 6.81. The molecule has 0 saturated heterocycles. The number of aromatic nitrogens is 2. The molecule has 1 aromatic heterocycles. The van der Waals surface area contributed by atoms with Crippen LogP contribution in [0.2, 0.25) is 0 Å². The van der Waals surface area contributed by atoms with E-state index in [1.54, 1.807) is 12.3 Å². The molecule has 0 bridgehead atoms. The van der Waals surface area contributed by atoms with Crippen LogP contribution in [-0.2, 0) is 0 Å². The van der Waals surface area contributed by atoms with E-state index in [-0.39, 0.29) is 0 Å². The Morgan fingerprint density at radius 3 is 2.50 bits per heavy atom. The van der Waals surface area contributed by atoms with Gasteiger partial charge in [-0.3, -0.25) is 5.10 Å². The summed E-state index contributed by atoms with van der Waals surface area (Å²) < 4.78 is 0. The zero-order valence-corrected chi connectivity index (χ0v) is 7.70. The predicted octanol–water partition coefficient (Wildman–Crippen LogP) is 2.30. The molecule has 70 valence electrons. The monoisotopic (exact) mass is 185 g/mol. The molecular formula is C11H11N3. The second-order valence-corrected chi connectivity index (χ2v) is 3.03. The largest absolute Gasteiger partial charge is 0.396 e.